The molecule has 2 aromatic heterocycles. The van der Waals surface area contributed by atoms with Crippen molar-refractivity contribution in [2.75, 3.05) is 20.8 Å². The Morgan fingerprint density at radius 2 is 2.00 bits per heavy atom. The lowest BCUT2D eigenvalue weighted by molar-refractivity contribution is -0.140. The molecule has 0 radical (unpaired) electrons. The quantitative estimate of drug-likeness (QED) is 0.438. The molecule has 162 valence electrons. The molecular formula is C23H24N2O6. The topological polar surface area (TPSA) is 99.4 Å². The van der Waals surface area contributed by atoms with E-state index in [0.717, 1.165) is 5.57 Å². The summed E-state index contributed by atoms with van der Waals surface area (Å²) in [5.74, 6) is -0.880. The summed E-state index contributed by atoms with van der Waals surface area (Å²) < 4.78 is 17.3. The first-order chi connectivity index (χ1) is 14.8. The molecule has 0 aliphatic carbocycles. The van der Waals surface area contributed by atoms with Gasteiger partial charge in [0.15, 0.2) is 11.5 Å². The van der Waals surface area contributed by atoms with Crippen LogP contribution in [0.4, 0.5) is 0 Å². The second-order valence-electron chi connectivity index (χ2n) is 7.07. The molecule has 2 heterocycles. The van der Waals surface area contributed by atoms with Crippen LogP contribution in [-0.2, 0) is 9.53 Å². The number of carbonyl (C=O) groups excluding carboxylic acids is 1. The average molecular weight is 424 g/mol. The maximum Gasteiger partial charge on any atom is 0.306 e. The second-order valence-corrected chi connectivity index (χ2v) is 7.07. The van der Waals surface area contributed by atoms with Gasteiger partial charge in [-0.2, -0.15) is 4.98 Å². The summed E-state index contributed by atoms with van der Waals surface area (Å²) in [5.41, 5.74) is 1.22. The van der Waals surface area contributed by atoms with Gasteiger partial charge in [-0.25, -0.2) is 0 Å². The molecule has 3 rings (SSSR count). The minimum atomic E-state index is -0.811. The van der Waals surface area contributed by atoms with E-state index in [1.165, 1.54) is 18.6 Å². The summed E-state index contributed by atoms with van der Waals surface area (Å²) >= 11 is 0. The van der Waals surface area contributed by atoms with Crippen LogP contribution in [0, 0.1) is 0 Å². The first-order valence-electron chi connectivity index (χ1n) is 9.57. The number of nitrogens with zero attached hydrogens (tertiary/aromatic N) is 2. The molecule has 0 spiro atoms. The van der Waals surface area contributed by atoms with E-state index in [4.69, 9.17) is 14.2 Å². The highest BCUT2D eigenvalue weighted by atomic mass is 16.5. The number of carbonyl (C=O) groups is 1. The number of aromatic nitrogens is 2. The second kappa shape index (κ2) is 9.34. The van der Waals surface area contributed by atoms with E-state index >= 15 is 0 Å². The fourth-order valence-corrected chi connectivity index (χ4v) is 3.25. The van der Waals surface area contributed by atoms with Crippen molar-refractivity contribution in [2.24, 2.45) is 0 Å². The van der Waals surface area contributed by atoms with E-state index in [1.54, 1.807) is 42.6 Å². The van der Waals surface area contributed by atoms with Crippen molar-refractivity contribution in [2.45, 2.75) is 19.3 Å². The molecule has 3 aromatic rings. The molecule has 0 bridgehead atoms. The highest BCUT2D eigenvalue weighted by Crippen LogP contribution is 2.36. The summed E-state index contributed by atoms with van der Waals surface area (Å²) in [6.45, 7) is 5.97. The van der Waals surface area contributed by atoms with Gasteiger partial charge in [0.2, 0.25) is 5.88 Å². The fourth-order valence-electron chi connectivity index (χ4n) is 3.25. The van der Waals surface area contributed by atoms with Gasteiger partial charge in [-0.05, 0) is 42.3 Å². The molecule has 0 amide bonds. The molecule has 8 heteroatoms. The number of rotatable bonds is 8. The predicted molar refractivity (Wildman–Crippen MR) is 115 cm³/mol. The number of methoxy groups -OCH3 is 2. The Balaban J connectivity index is 2.15. The van der Waals surface area contributed by atoms with Crippen LogP contribution in [0.5, 0.6) is 17.4 Å². The fraction of sp³-hybridized carbons (Fsp3) is 0.261. The van der Waals surface area contributed by atoms with Gasteiger partial charge < -0.3 is 19.3 Å². The van der Waals surface area contributed by atoms with E-state index in [2.05, 4.69) is 11.6 Å². The highest BCUT2D eigenvalue weighted by Gasteiger charge is 2.27. The van der Waals surface area contributed by atoms with Crippen molar-refractivity contribution in [3.8, 4) is 17.4 Å². The smallest absolute Gasteiger partial charge is 0.306 e. The molecule has 0 aliphatic heterocycles. The van der Waals surface area contributed by atoms with Crippen LogP contribution in [0.15, 0.2) is 59.5 Å². The van der Waals surface area contributed by atoms with Crippen molar-refractivity contribution in [1.29, 1.82) is 0 Å². The van der Waals surface area contributed by atoms with E-state index in [-0.39, 0.29) is 12.0 Å². The van der Waals surface area contributed by atoms with Crippen LogP contribution in [0.1, 0.15) is 30.4 Å². The maximum atomic E-state index is 13.2. The number of benzene rings is 1. The van der Waals surface area contributed by atoms with E-state index in [0.29, 0.717) is 29.3 Å². The molecule has 1 atom stereocenters. The third kappa shape index (κ3) is 4.69. The molecular weight excluding hydrogens is 400 g/mol. The number of hydrogen-bond donors (Lipinski definition) is 1. The van der Waals surface area contributed by atoms with Crippen molar-refractivity contribution >= 4 is 11.6 Å². The number of hydrogen-bond acceptors (Lipinski definition) is 7. The molecule has 1 aromatic carbocycles. The number of ether oxygens (including phenoxy) is 3. The van der Waals surface area contributed by atoms with E-state index in [1.807, 2.05) is 6.92 Å². The summed E-state index contributed by atoms with van der Waals surface area (Å²) in [6.07, 6.45) is 1.38. The summed E-state index contributed by atoms with van der Waals surface area (Å²) in [6, 6.07) is 10.1. The first-order valence-corrected chi connectivity index (χ1v) is 9.57. The zero-order valence-electron chi connectivity index (χ0n) is 17.6. The third-order valence-corrected chi connectivity index (χ3v) is 4.76. The Hall–Kier alpha value is -3.81. The highest BCUT2D eigenvalue weighted by molar-refractivity contribution is 5.71. The van der Waals surface area contributed by atoms with Crippen molar-refractivity contribution in [1.82, 2.24) is 9.38 Å². The van der Waals surface area contributed by atoms with Crippen LogP contribution in [-0.4, -0.2) is 41.3 Å². The molecule has 0 aliphatic rings. The normalized spacial score (nSPS) is 11.7. The van der Waals surface area contributed by atoms with E-state index in [9.17, 15) is 14.7 Å². The van der Waals surface area contributed by atoms with Crippen LogP contribution in [0.25, 0.3) is 5.65 Å². The molecule has 8 nitrogen and oxygen atoms in total. The SMILES string of the molecule is C=C(C)COc1ccc(C(CC(=O)OC)c2c(O)nc3ccccn3c2=O)cc1OC. The summed E-state index contributed by atoms with van der Waals surface area (Å²) in [4.78, 5) is 29.5. The average Bonchev–Trinajstić information content (AvgIpc) is 2.76. The Labute approximate surface area is 179 Å². The first kappa shape index (κ1) is 21.9. The van der Waals surface area contributed by atoms with Crippen LogP contribution in [0.2, 0.25) is 0 Å². The molecule has 0 fully saturated rings. The lowest BCUT2D eigenvalue weighted by Gasteiger charge is -2.19. The van der Waals surface area contributed by atoms with Gasteiger partial charge in [-0.3, -0.25) is 14.0 Å². The van der Waals surface area contributed by atoms with Gasteiger partial charge in [-0.1, -0.05) is 18.7 Å². The molecule has 0 saturated heterocycles. The lowest BCUT2D eigenvalue weighted by Crippen LogP contribution is -2.24. The van der Waals surface area contributed by atoms with E-state index < -0.39 is 23.3 Å². The minimum absolute atomic E-state index is 0.00763. The predicted octanol–water partition coefficient (Wildman–Crippen LogP) is 3.06. The van der Waals surface area contributed by atoms with Gasteiger partial charge in [0.25, 0.3) is 5.56 Å². The minimum Gasteiger partial charge on any atom is -0.493 e. The third-order valence-electron chi connectivity index (χ3n) is 4.76. The number of fused-ring (bicyclic) bond motifs is 1. The van der Waals surface area contributed by atoms with Crippen molar-refractivity contribution in [3.05, 3.63) is 76.2 Å². The Kier molecular flexibility index (Phi) is 6.59. The summed E-state index contributed by atoms with van der Waals surface area (Å²) in [7, 11) is 2.76. The number of pyridine rings is 1. The Morgan fingerprint density at radius 3 is 2.68 bits per heavy atom. The van der Waals surface area contributed by atoms with Crippen molar-refractivity contribution < 1.29 is 24.1 Å². The van der Waals surface area contributed by atoms with Gasteiger partial charge in [0.05, 0.1) is 26.2 Å². The van der Waals surface area contributed by atoms with Gasteiger partial charge in [0.1, 0.15) is 12.3 Å². The summed E-state index contributed by atoms with van der Waals surface area (Å²) in [5, 5.41) is 10.6. The van der Waals surface area contributed by atoms with Crippen molar-refractivity contribution in [3.63, 3.8) is 0 Å². The van der Waals surface area contributed by atoms with Crippen LogP contribution in [0.3, 0.4) is 0 Å². The van der Waals surface area contributed by atoms with Gasteiger partial charge in [-0.15, -0.1) is 0 Å². The Morgan fingerprint density at radius 1 is 1.23 bits per heavy atom. The lowest BCUT2D eigenvalue weighted by atomic mass is 9.89. The molecule has 1 N–H and O–H groups in total. The largest absolute Gasteiger partial charge is 0.493 e. The van der Waals surface area contributed by atoms with Gasteiger partial charge >= 0.3 is 5.97 Å². The molecule has 0 saturated carbocycles. The maximum absolute atomic E-state index is 13.2. The Bertz CT molecular complexity index is 1180. The number of aromatic hydroxyl groups is 1. The molecule has 1 unspecified atom stereocenters. The number of esters is 1. The van der Waals surface area contributed by atoms with Crippen LogP contribution < -0.4 is 15.0 Å². The van der Waals surface area contributed by atoms with Crippen LogP contribution >= 0.6 is 0 Å². The zero-order valence-corrected chi connectivity index (χ0v) is 17.6. The molecule has 31 heavy (non-hydrogen) atoms. The zero-order chi connectivity index (χ0) is 22.5. The monoisotopic (exact) mass is 424 g/mol. The standard InChI is InChI=1S/C23H24N2O6/c1-14(2)13-31-17-9-8-15(11-18(17)29-3)16(12-20(26)30-4)21-22(27)24-19-7-5-6-10-25(19)23(21)28/h5-11,16,27H,1,12-13H2,2-4H3. The van der Waals surface area contributed by atoms with Gasteiger partial charge in [0, 0.05) is 12.1 Å².